The first-order chi connectivity index (χ1) is 8.72. The number of oxazole rings is 1. The van der Waals surface area contributed by atoms with Crippen LogP contribution in [-0.2, 0) is 0 Å². The van der Waals surface area contributed by atoms with Crippen LogP contribution < -0.4 is 5.73 Å². The molecule has 6 heteroatoms. The van der Waals surface area contributed by atoms with Crippen LogP contribution in [0.15, 0.2) is 50.1 Å². The lowest BCUT2D eigenvalue weighted by molar-refractivity contribution is 0.454. The summed E-state index contributed by atoms with van der Waals surface area (Å²) < 4.78 is 5.21. The molecule has 0 spiro atoms. The maximum atomic E-state index is 7.72. The highest BCUT2D eigenvalue weighted by molar-refractivity contribution is 8.00. The van der Waals surface area contributed by atoms with E-state index in [1.165, 1.54) is 18.0 Å². The number of rotatable bonds is 5. The predicted octanol–water partition coefficient (Wildman–Crippen LogP) is 3.22. The van der Waals surface area contributed by atoms with Crippen molar-refractivity contribution < 1.29 is 4.42 Å². The van der Waals surface area contributed by atoms with Crippen LogP contribution in [0, 0.1) is 5.41 Å². The monoisotopic (exact) mass is 279 g/mol. The summed E-state index contributed by atoms with van der Waals surface area (Å²) in [6.45, 7) is 2.07. The molecule has 0 aliphatic carbocycles. The van der Waals surface area contributed by atoms with Gasteiger partial charge in [-0.3, -0.25) is 5.41 Å². The average Bonchev–Trinajstić information content (AvgIpc) is 2.82. The van der Waals surface area contributed by atoms with Crippen molar-refractivity contribution in [3.63, 3.8) is 0 Å². The first-order valence-corrected chi connectivity index (χ1v) is 7.20. The molecule has 94 valence electrons. The van der Waals surface area contributed by atoms with Crippen molar-refractivity contribution >= 4 is 29.4 Å². The Morgan fingerprint density at radius 3 is 2.83 bits per heavy atom. The Morgan fingerprint density at radius 1 is 1.44 bits per heavy atom. The van der Waals surface area contributed by atoms with Crippen LogP contribution in [0.5, 0.6) is 0 Å². The van der Waals surface area contributed by atoms with Crippen molar-refractivity contribution in [2.24, 2.45) is 5.73 Å². The van der Waals surface area contributed by atoms with Gasteiger partial charge in [0, 0.05) is 15.4 Å². The van der Waals surface area contributed by atoms with E-state index < -0.39 is 0 Å². The van der Waals surface area contributed by atoms with Gasteiger partial charge in [0.15, 0.2) is 0 Å². The summed E-state index contributed by atoms with van der Waals surface area (Å²) in [6, 6.07) is 5.85. The van der Waals surface area contributed by atoms with Crippen molar-refractivity contribution in [1.29, 1.82) is 5.41 Å². The van der Waals surface area contributed by atoms with E-state index in [1.54, 1.807) is 18.0 Å². The SMILES string of the molecule is CCSc1cccc(Sc2ncco2)c1C(=N)N. The molecule has 0 aliphatic rings. The smallest absolute Gasteiger partial charge is 0.260 e. The minimum atomic E-state index is 0.0700. The largest absolute Gasteiger partial charge is 0.440 e. The molecule has 0 amide bonds. The summed E-state index contributed by atoms with van der Waals surface area (Å²) in [7, 11) is 0. The number of benzene rings is 1. The number of nitrogens with zero attached hydrogens (tertiary/aromatic N) is 1. The summed E-state index contributed by atoms with van der Waals surface area (Å²) in [6.07, 6.45) is 3.13. The van der Waals surface area contributed by atoms with Crippen LogP contribution >= 0.6 is 23.5 Å². The molecule has 0 atom stereocenters. The first kappa shape index (κ1) is 13.0. The van der Waals surface area contributed by atoms with E-state index in [9.17, 15) is 0 Å². The van der Waals surface area contributed by atoms with E-state index in [0.717, 1.165) is 21.1 Å². The van der Waals surface area contributed by atoms with Crippen LogP contribution in [0.4, 0.5) is 0 Å². The zero-order chi connectivity index (χ0) is 13.0. The fourth-order valence-electron chi connectivity index (χ4n) is 1.49. The van der Waals surface area contributed by atoms with Gasteiger partial charge in [0.1, 0.15) is 12.1 Å². The second-order valence-electron chi connectivity index (χ2n) is 3.38. The van der Waals surface area contributed by atoms with Crippen molar-refractivity contribution in [1.82, 2.24) is 4.98 Å². The Kier molecular flexibility index (Phi) is 4.33. The molecule has 1 aromatic heterocycles. The van der Waals surface area contributed by atoms with Gasteiger partial charge in [-0.25, -0.2) is 4.98 Å². The van der Waals surface area contributed by atoms with Gasteiger partial charge in [-0.1, -0.05) is 13.0 Å². The second-order valence-corrected chi connectivity index (χ2v) is 5.68. The molecule has 1 aromatic carbocycles. The van der Waals surface area contributed by atoms with Gasteiger partial charge in [0.25, 0.3) is 5.22 Å². The quantitative estimate of drug-likeness (QED) is 0.499. The van der Waals surface area contributed by atoms with E-state index in [1.807, 2.05) is 18.2 Å². The molecule has 0 fully saturated rings. The van der Waals surface area contributed by atoms with E-state index in [-0.39, 0.29) is 5.84 Å². The lowest BCUT2D eigenvalue weighted by atomic mass is 10.2. The number of nitrogen functional groups attached to an aromatic ring is 1. The molecular weight excluding hydrogens is 266 g/mol. The molecule has 4 nitrogen and oxygen atoms in total. The molecule has 0 saturated heterocycles. The van der Waals surface area contributed by atoms with Crippen LogP contribution in [-0.4, -0.2) is 16.6 Å². The Hall–Kier alpha value is -1.40. The molecule has 2 aromatic rings. The molecule has 1 heterocycles. The number of nitrogens with two attached hydrogens (primary N) is 1. The highest BCUT2D eigenvalue weighted by atomic mass is 32.2. The number of thioether (sulfide) groups is 1. The van der Waals surface area contributed by atoms with Crippen LogP contribution in [0.25, 0.3) is 0 Å². The van der Waals surface area contributed by atoms with Gasteiger partial charge in [-0.2, -0.15) is 0 Å². The minimum absolute atomic E-state index is 0.0700. The Balaban J connectivity index is 2.39. The van der Waals surface area contributed by atoms with Gasteiger partial charge in [0.05, 0.1) is 6.20 Å². The molecule has 0 unspecified atom stereocenters. The van der Waals surface area contributed by atoms with Crippen molar-refractivity contribution in [3.05, 3.63) is 36.2 Å². The Morgan fingerprint density at radius 2 is 2.22 bits per heavy atom. The molecule has 2 rings (SSSR count). The van der Waals surface area contributed by atoms with E-state index in [2.05, 4.69) is 11.9 Å². The van der Waals surface area contributed by atoms with Gasteiger partial charge in [-0.05, 0) is 29.6 Å². The Labute approximate surface area is 114 Å². The molecule has 0 saturated carbocycles. The highest BCUT2D eigenvalue weighted by Gasteiger charge is 2.13. The number of nitrogens with one attached hydrogen (secondary N) is 1. The van der Waals surface area contributed by atoms with Crippen molar-refractivity contribution in [2.45, 2.75) is 21.9 Å². The van der Waals surface area contributed by atoms with Crippen LogP contribution in [0.1, 0.15) is 12.5 Å². The topological polar surface area (TPSA) is 75.9 Å². The van der Waals surface area contributed by atoms with Gasteiger partial charge in [0.2, 0.25) is 0 Å². The number of amidine groups is 1. The summed E-state index contributed by atoms with van der Waals surface area (Å²) in [5.41, 5.74) is 6.44. The van der Waals surface area contributed by atoms with Crippen LogP contribution in [0.3, 0.4) is 0 Å². The van der Waals surface area contributed by atoms with Crippen molar-refractivity contribution in [2.75, 3.05) is 5.75 Å². The molecule has 18 heavy (non-hydrogen) atoms. The fourth-order valence-corrected chi connectivity index (χ4v) is 3.28. The summed E-state index contributed by atoms with van der Waals surface area (Å²) >= 11 is 3.05. The maximum absolute atomic E-state index is 7.72. The lowest BCUT2D eigenvalue weighted by Crippen LogP contribution is -2.13. The third-order valence-electron chi connectivity index (χ3n) is 2.16. The normalized spacial score (nSPS) is 10.5. The summed E-state index contributed by atoms with van der Waals surface area (Å²) in [4.78, 5) is 5.97. The molecule has 0 aliphatic heterocycles. The lowest BCUT2D eigenvalue weighted by Gasteiger charge is -2.11. The number of aromatic nitrogens is 1. The van der Waals surface area contributed by atoms with E-state index in [4.69, 9.17) is 15.6 Å². The average molecular weight is 279 g/mol. The zero-order valence-electron chi connectivity index (χ0n) is 9.84. The standard InChI is InChI=1S/C12H13N3OS2/c1-2-17-8-4-3-5-9(10(8)11(13)14)18-12-15-6-7-16-12/h3-7H,2H2,1H3,(H3,13,14). The number of hydrogen-bond donors (Lipinski definition) is 2. The first-order valence-electron chi connectivity index (χ1n) is 5.40. The third-order valence-corrected chi connectivity index (χ3v) is 4.04. The van der Waals surface area contributed by atoms with Gasteiger partial charge >= 0.3 is 0 Å². The minimum Gasteiger partial charge on any atom is -0.440 e. The van der Waals surface area contributed by atoms with Gasteiger partial charge < -0.3 is 10.2 Å². The number of hydrogen-bond acceptors (Lipinski definition) is 5. The van der Waals surface area contributed by atoms with E-state index >= 15 is 0 Å². The zero-order valence-corrected chi connectivity index (χ0v) is 11.5. The molecule has 0 bridgehead atoms. The molecule has 0 radical (unpaired) electrons. The maximum Gasteiger partial charge on any atom is 0.260 e. The predicted molar refractivity (Wildman–Crippen MR) is 74.5 cm³/mol. The Bertz CT molecular complexity index is 540. The fraction of sp³-hybridized carbons (Fsp3) is 0.167. The molecular formula is C12H13N3OS2. The van der Waals surface area contributed by atoms with E-state index in [0.29, 0.717) is 5.22 Å². The second kappa shape index (κ2) is 5.97. The summed E-state index contributed by atoms with van der Waals surface area (Å²) in [5, 5.41) is 8.28. The van der Waals surface area contributed by atoms with Crippen LogP contribution in [0.2, 0.25) is 0 Å². The highest BCUT2D eigenvalue weighted by Crippen LogP contribution is 2.34. The third kappa shape index (κ3) is 2.88. The van der Waals surface area contributed by atoms with Crippen molar-refractivity contribution in [3.8, 4) is 0 Å². The summed E-state index contributed by atoms with van der Waals surface area (Å²) in [5.74, 6) is 1.01. The molecule has 3 N–H and O–H groups in total. The van der Waals surface area contributed by atoms with Gasteiger partial charge in [-0.15, -0.1) is 11.8 Å².